The molecule has 0 radical (unpaired) electrons. The Morgan fingerprint density at radius 3 is 2.08 bits per heavy atom. The second kappa shape index (κ2) is 11.2. The van der Waals surface area contributed by atoms with Crippen LogP contribution in [0, 0.1) is 0 Å². The summed E-state index contributed by atoms with van der Waals surface area (Å²) in [5.74, 6) is 1.09. The van der Waals surface area contributed by atoms with Gasteiger partial charge in [0.25, 0.3) is 10.0 Å². The number of methoxy groups -OCH3 is 1. The second-order valence-electron chi connectivity index (χ2n) is 7.63. The van der Waals surface area contributed by atoms with Crippen molar-refractivity contribution in [3.05, 3.63) is 108 Å². The van der Waals surface area contributed by atoms with E-state index in [1.54, 1.807) is 54.6 Å². The number of sulfonamides is 1. The zero-order valence-electron chi connectivity index (χ0n) is 19.3. The summed E-state index contributed by atoms with van der Waals surface area (Å²) in [7, 11) is -2.56. The highest BCUT2D eigenvalue weighted by atomic mass is 35.5. The van der Waals surface area contributed by atoms with Gasteiger partial charge in [-0.1, -0.05) is 48.0 Å². The van der Waals surface area contributed by atoms with Gasteiger partial charge >= 0.3 is 0 Å². The lowest BCUT2D eigenvalue weighted by Crippen LogP contribution is -2.38. The minimum atomic E-state index is -4.05. The first-order valence-corrected chi connectivity index (χ1v) is 12.7. The number of carbonyl (C=O) groups is 1. The lowest BCUT2D eigenvalue weighted by atomic mass is 10.3. The summed E-state index contributed by atoms with van der Waals surface area (Å²) in [6.45, 7) is -0.459. The van der Waals surface area contributed by atoms with Crippen molar-refractivity contribution in [1.29, 1.82) is 0 Å². The molecule has 0 unspecified atom stereocenters. The maximum atomic E-state index is 13.5. The topological polar surface area (TPSA) is 84.9 Å². The summed E-state index contributed by atoms with van der Waals surface area (Å²) in [6, 6.07) is 28.4. The molecule has 0 aromatic heterocycles. The van der Waals surface area contributed by atoms with Crippen LogP contribution in [0.4, 0.5) is 11.4 Å². The van der Waals surface area contributed by atoms with Crippen molar-refractivity contribution in [2.75, 3.05) is 23.3 Å². The minimum absolute atomic E-state index is 0.0647. The van der Waals surface area contributed by atoms with Crippen LogP contribution in [0.3, 0.4) is 0 Å². The summed E-state index contributed by atoms with van der Waals surface area (Å²) in [5.41, 5.74) is 0.719. The van der Waals surface area contributed by atoms with E-state index in [4.69, 9.17) is 21.1 Å². The van der Waals surface area contributed by atoms with Crippen molar-refractivity contribution in [3.63, 3.8) is 0 Å². The van der Waals surface area contributed by atoms with Gasteiger partial charge in [0.15, 0.2) is 0 Å². The zero-order chi connectivity index (χ0) is 25.5. The molecule has 0 aliphatic carbocycles. The number of hydrogen-bond donors (Lipinski definition) is 1. The fraction of sp³-hybridized carbons (Fsp3) is 0.0741. The van der Waals surface area contributed by atoms with Gasteiger partial charge in [-0.05, 0) is 66.7 Å². The van der Waals surface area contributed by atoms with Gasteiger partial charge in [-0.3, -0.25) is 9.10 Å². The van der Waals surface area contributed by atoms with E-state index in [1.807, 2.05) is 30.3 Å². The third-order valence-corrected chi connectivity index (χ3v) is 7.24. The molecule has 4 rings (SSSR count). The molecule has 0 heterocycles. The lowest BCUT2D eigenvalue weighted by Gasteiger charge is -2.24. The summed E-state index contributed by atoms with van der Waals surface area (Å²) in [4.78, 5) is 13.0. The van der Waals surface area contributed by atoms with Crippen molar-refractivity contribution in [3.8, 4) is 17.2 Å². The number of para-hydroxylation sites is 1. The number of hydrogen-bond acceptors (Lipinski definition) is 5. The monoisotopic (exact) mass is 522 g/mol. The predicted molar refractivity (Wildman–Crippen MR) is 141 cm³/mol. The molecule has 4 aromatic carbocycles. The molecule has 1 N–H and O–H groups in total. The quantitative estimate of drug-likeness (QED) is 0.292. The van der Waals surface area contributed by atoms with Gasteiger partial charge in [-0.15, -0.1) is 0 Å². The Kier molecular flexibility index (Phi) is 7.77. The average molecular weight is 523 g/mol. The Labute approximate surface area is 214 Å². The van der Waals surface area contributed by atoms with E-state index in [-0.39, 0.29) is 4.90 Å². The van der Waals surface area contributed by atoms with Crippen molar-refractivity contribution in [1.82, 2.24) is 0 Å². The smallest absolute Gasteiger partial charge is 0.264 e. The molecule has 0 bridgehead atoms. The third kappa shape index (κ3) is 5.97. The molecule has 0 saturated carbocycles. The lowest BCUT2D eigenvalue weighted by molar-refractivity contribution is -0.114. The highest BCUT2D eigenvalue weighted by Crippen LogP contribution is 2.29. The first-order valence-electron chi connectivity index (χ1n) is 10.9. The van der Waals surface area contributed by atoms with Gasteiger partial charge in [0.1, 0.15) is 23.8 Å². The van der Waals surface area contributed by atoms with E-state index in [1.165, 1.54) is 25.3 Å². The van der Waals surface area contributed by atoms with Crippen molar-refractivity contribution < 1.29 is 22.7 Å². The fourth-order valence-electron chi connectivity index (χ4n) is 3.41. The molecule has 0 saturated heterocycles. The van der Waals surface area contributed by atoms with Gasteiger partial charge in [0.05, 0.1) is 22.7 Å². The number of anilines is 2. The number of nitrogens with zero attached hydrogens (tertiary/aromatic N) is 1. The van der Waals surface area contributed by atoms with Crippen LogP contribution < -0.4 is 19.1 Å². The number of nitrogens with one attached hydrogen (secondary N) is 1. The largest absolute Gasteiger partial charge is 0.495 e. The molecule has 9 heteroatoms. The molecular weight excluding hydrogens is 500 g/mol. The van der Waals surface area contributed by atoms with Gasteiger partial charge in [-0.25, -0.2) is 8.42 Å². The maximum Gasteiger partial charge on any atom is 0.264 e. The van der Waals surface area contributed by atoms with E-state index >= 15 is 0 Å². The average Bonchev–Trinajstić information content (AvgIpc) is 2.89. The Balaban J connectivity index is 1.60. The normalized spacial score (nSPS) is 10.9. The van der Waals surface area contributed by atoms with E-state index < -0.39 is 22.5 Å². The molecule has 7 nitrogen and oxygen atoms in total. The number of rotatable bonds is 9. The maximum absolute atomic E-state index is 13.5. The van der Waals surface area contributed by atoms with Gasteiger partial charge < -0.3 is 14.8 Å². The summed E-state index contributed by atoms with van der Waals surface area (Å²) in [6.07, 6.45) is 0. The Bertz CT molecular complexity index is 1430. The molecule has 36 heavy (non-hydrogen) atoms. The van der Waals surface area contributed by atoms with Crippen molar-refractivity contribution in [2.24, 2.45) is 0 Å². The Hall–Kier alpha value is -4.01. The number of carbonyl (C=O) groups excluding carboxylic acids is 1. The number of amides is 1. The molecule has 184 valence electrons. The van der Waals surface area contributed by atoms with E-state index in [0.717, 1.165) is 4.31 Å². The molecule has 1 amide bonds. The van der Waals surface area contributed by atoms with E-state index in [0.29, 0.717) is 33.6 Å². The van der Waals surface area contributed by atoms with Crippen LogP contribution in [-0.4, -0.2) is 28.0 Å². The van der Waals surface area contributed by atoms with Gasteiger partial charge in [-0.2, -0.15) is 0 Å². The second-order valence-corrected chi connectivity index (χ2v) is 9.90. The first-order chi connectivity index (χ1) is 17.4. The summed E-state index contributed by atoms with van der Waals surface area (Å²) < 4.78 is 39.0. The highest BCUT2D eigenvalue weighted by molar-refractivity contribution is 7.92. The first kappa shape index (κ1) is 25.1. The van der Waals surface area contributed by atoms with Gasteiger partial charge in [0, 0.05) is 5.69 Å². The van der Waals surface area contributed by atoms with Crippen LogP contribution >= 0.6 is 11.6 Å². The minimum Gasteiger partial charge on any atom is -0.495 e. The highest BCUT2D eigenvalue weighted by Gasteiger charge is 2.27. The molecule has 0 aliphatic rings. The summed E-state index contributed by atoms with van der Waals surface area (Å²) >= 11 is 6.15. The zero-order valence-corrected chi connectivity index (χ0v) is 20.9. The molecule has 0 fully saturated rings. The Morgan fingerprint density at radius 2 is 1.47 bits per heavy atom. The summed E-state index contributed by atoms with van der Waals surface area (Å²) in [5, 5.41) is 3.01. The number of ether oxygens (including phenoxy) is 2. The molecule has 4 aromatic rings. The fourth-order valence-corrected chi connectivity index (χ4v) is 5.11. The van der Waals surface area contributed by atoms with Crippen LogP contribution in [0.5, 0.6) is 17.2 Å². The van der Waals surface area contributed by atoms with Crippen LogP contribution in [-0.2, 0) is 14.8 Å². The van der Waals surface area contributed by atoms with E-state index in [9.17, 15) is 13.2 Å². The standard InChI is InChI=1S/C27H23ClN2O5S/c1-34-26-17-12-20(18-25(26)28)29-27(31)19-30(36(32,33)24-10-6-3-7-11-24)21-13-15-23(16-14-21)35-22-8-4-2-5-9-22/h2-18H,19H2,1H3,(H,29,31). The molecule has 0 aliphatic heterocycles. The molecule has 0 spiro atoms. The van der Waals surface area contributed by atoms with Crippen molar-refractivity contribution in [2.45, 2.75) is 4.90 Å². The van der Waals surface area contributed by atoms with Crippen LogP contribution in [0.1, 0.15) is 0 Å². The molecular formula is C27H23ClN2O5S. The third-order valence-electron chi connectivity index (χ3n) is 5.16. The van der Waals surface area contributed by atoms with Crippen molar-refractivity contribution >= 4 is 38.9 Å². The number of halogens is 1. The Morgan fingerprint density at radius 1 is 0.861 bits per heavy atom. The molecule has 0 atom stereocenters. The van der Waals surface area contributed by atoms with Crippen LogP contribution in [0.25, 0.3) is 0 Å². The SMILES string of the molecule is COc1ccc(NC(=O)CN(c2ccc(Oc3ccccc3)cc2)S(=O)(=O)c2ccccc2)cc1Cl. The predicted octanol–water partition coefficient (Wildman–Crippen LogP) is 5.97. The van der Waals surface area contributed by atoms with E-state index in [2.05, 4.69) is 5.32 Å². The van der Waals surface area contributed by atoms with Crippen LogP contribution in [0.15, 0.2) is 108 Å². The number of benzene rings is 4. The van der Waals surface area contributed by atoms with Crippen LogP contribution in [0.2, 0.25) is 5.02 Å². The van der Waals surface area contributed by atoms with Gasteiger partial charge in [0.2, 0.25) is 5.91 Å².